The molecule has 21 heavy (non-hydrogen) atoms. The fraction of sp³-hybridized carbons (Fsp3) is 1.00. The van der Waals surface area contributed by atoms with Gasteiger partial charge in [-0.25, -0.2) is 0 Å². The topological polar surface area (TPSA) is 52.5 Å². The number of aliphatic hydroxyl groups is 2. The minimum atomic E-state index is -0.143. The van der Waals surface area contributed by atoms with E-state index < -0.39 is 0 Å². The number of unbranched alkanes of at least 4 members (excludes halogenated alkanes) is 7. The van der Waals surface area contributed by atoms with Gasteiger partial charge in [-0.05, 0) is 39.5 Å². The first-order valence-electron chi connectivity index (χ1n) is 9.21. The number of aliphatic hydroxyl groups excluding tert-OH is 2. The zero-order chi connectivity index (χ0) is 15.5. The summed E-state index contributed by atoms with van der Waals surface area (Å²) >= 11 is 0. The van der Waals surface area contributed by atoms with Gasteiger partial charge in [0.25, 0.3) is 0 Å². The molecule has 0 aromatic carbocycles. The fourth-order valence-electron chi connectivity index (χ4n) is 3.31. The minimum absolute atomic E-state index is 0.123. The molecule has 0 bridgehead atoms. The molecule has 3 N–H and O–H groups in total. The van der Waals surface area contributed by atoms with Crippen molar-refractivity contribution in [3.63, 3.8) is 0 Å². The van der Waals surface area contributed by atoms with Crippen LogP contribution in [0.25, 0.3) is 0 Å². The summed E-state index contributed by atoms with van der Waals surface area (Å²) in [7, 11) is 0. The predicted octanol–water partition coefficient (Wildman–Crippen LogP) is 3.77. The van der Waals surface area contributed by atoms with Gasteiger partial charge >= 0.3 is 0 Å². The molecule has 1 rings (SSSR count). The lowest BCUT2D eigenvalue weighted by molar-refractivity contribution is 0.0849. The Morgan fingerprint density at radius 2 is 1.52 bits per heavy atom. The third kappa shape index (κ3) is 9.49. The van der Waals surface area contributed by atoms with Crippen LogP contribution in [-0.4, -0.2) is 34.5 Å². The van der Waals surface area contributed by atoms with Gasteiger partial charge < -0.3 is 15.5 Å². The van der Waals surface area contributed by atoms with Crippen molar-refractivity contribution in [2.75, 3.05) is 0 Å². The van der Waals surface area contributed by atoms with Crippen molar-refractivity contribution in [3.8, 4) is 0 Å². The second-order valence-electron chi connectivity index (χ2n) is 7.05. The Morgan fingerprint density at radius 1 is 0.952 bits per heavy atom. The molecule has 1 aliphatic rings. The lowest BCUT2D eigenvalue weighted by Gasteiger charge is -2.32. The number of hydrogen-bond donors (Lipinski definition) is 3. The molecule has 0 spiro atoms. The molecule has 0 aliphatic carbocycles. The van der Waals surface area contributed by atoms with E-state index in [0.29, 0.717) is 6.04 Å². The lowest BCUT2D eigenvalue weighted by atomic mass is 9.93. The van der Waals surface area contributed by atoms with Gasteiger partial charge in [0.1, 0.15) is 0 Å². The Bertz CT molecular complexity index is 245. The van der Waals surface area contributed by atoms with Gasteiger partial charge in [-0.1, -0.05) is 51.4 Å². The van der Waals surface area contributed by atoms with E-state index in [1.807, 2.05) is 6.92 Å². The van der Waals surface area contributed by atoms with Gasteiger partial charge in [-0.2, -0.15) is 0 Å². The summed E-state index contributed by atoms with van der Waals surface area (Å²) in [5.41, 5.74) is 0. The molecule has 0 amide bonds. The van der Waals surface area contributed by atoms with Crippen LogP contribution in [0.5, 0.6) is 0 Å². The van der Waals surface area contributed by atoms with Crippen molar-refractivity contribution in [3.05, 3.63) is 0 Å². The standard InChI is InChI=1S/C18H37NO2/c1-15(20)11-9-7-5-3-4-6-8-10-12-17-13-14-18(21)16(2)19-17/h15-21H,3-14H2,1-2H3/t15-,16+,17-,18+/m0/s1. The van der Waals surface area contributed by atoms with Gasteiger partial charge in [-0.15, -0.1) is 0 Å². The summed E-state index contributed by atoms with van der Waals surface area (Å²) in [5.74, 6) is 0. The first kappa shape index (κ1) is 18.9. The summed E-state index contributed by atoms with van der Waals surface area (Å²) in [6.45, 7) is 3.97. The van der Waals surface area contributed by atoms with E-state index in [9.17, 15) is 10.2 Å². The summed E-state index contributed by atoms with van der Waals surface area (Å²) < 4.78 is 0. The smallest absolute Gasteiger partial charge is 0.0691 e. The van der Waals surface area contributed by atoms with Crippen LogP contribution >= 0.6 is 0 Å². The van der Waals surface area contributed by atoms with E-state index in [1.165, 1.54) is 57.8 Å². The number of piperidine rings is 1. The number of nitrogens with one attached hydrogen (secondary N) is 1. The fourth-order valence-corrected chi connectivity index (χ4v) is 3.31. The van der Waals surface area contributed by atoms with E-state index in [-0.39, 0.29) is 18.2 Å². The molecule has 4 atom stereocenters. The van der Waals surface area contributed by atoms with Gasteiger partial charge in [-0.3, -0.25) is 0 Å². The first-order valence-corrected chi connectivity index (χ1v) is 9.21. The molecule has 0 unspecified atom stereocenters. The van der Waals surface area contributed by atoms with Crippen LogP contribution in [0.1, 0.15) is 90.9 Å². The monoisotopic (exact) mass is 299 g/mol. The van der Waals surface area contributed by atoms with Crippen molar-refractivity contribution < 1.29 is 10.2 Å². The van der Waals surface area contributed by atoms with E-state index in [1.54, 1.807) is 0 Å². The van der Waals surface area contributed by atoms with Crippen LogP contribution in [0.15, 0.2) is 0 Å². The van der Waals surface area contributed by atoms with E-state index in [2.05, 4.69) is 12.2 Å². The zero-order valence-corrected chi connectivity index (χ0v) is 14.2. The van der Waals surface area contributed by atoms with Crippen molar-refractivity contribution in [1.82, 2.24) is 5.32 Å². The average Bonchev–Trinajstić information content (AvgIpc) is 2.44. The third-order valence-corrected chi connectivity index (χ3v) is 4.81. The van der Waals surface area contributed by atoms with E-state index >= 15 is 0 Å². The molecule has 3 nitrogen and oxygen atoms in total. The second-order valence-corrected chi connectivity index (χ2v) is 7.05. The van der Waals surface area contributed by atoms with Gasteiger partial charge in [0.15, 0.2) is 0 Å². The summed E-state index contributed by atoms with van der Waals surface area (Å²) in [4.78, 5) is 0. The van der Waals surface area contributed by atoms with Crippen LogP contribution in [0.4, 0.5) is 0 Å². The molecule has 0 saturated carbocycles. The maximum atomic E-state index is 9.68. The van der Waals surface area contributed by atoms with Crippen LogP contribution < -0.4 is 5.32 Å². The molecular weight excluding hydrogens is 262 g/mol. The minimum Gasteiger partial charge on any atom is -0.393 e. The highest BCUT2D eigenvalue weighted by Crippen LogP contribution is 2.18. The molecule has 1 aliphatic heterocycles. The van der Waals surface area contributed by atoms with Crippen LogP contribution in [0.2, 0.25) is 0 Å². The molecule has 3 heteroatoms. The number of rotatable bonds is 11. The quantitative estimate of drug-likeness (QED) is 0.509. The Hall–Kier alpha value is -0.120. The highest BCUT2D eigenvalue weighted by Gasteiger charge is 2.24. The molecule has 1 saturated heterocycles. The van der Waals surface area contributed by atoms with E-state index in [0.717, 1.165) is 19.3 Å². The highest BCUT2D eigenvalue weighted by molar-refractivity contribution is 4.83. The zero-order valence-electron chi connectivity index (χ0n) is 14.2. The summed E-state index contributed by atoms with van der Waals surface area (Å²) in [6, 6.07) is 0.897. The van der Waals surface area contributed by atoms with Crippen LogP contribution in [0, 0.1) is 0 Å². The largest absolute Gasteiger partial charge is 0.393 e. The van der Waals surface area contributed by atoms with Crippen molar-refractivity contribution in [2.45, 2.75) is 115 Å². The molecule has 1 heterocycles. The molecule has 1 fully saturated rings. The predicted molar refractivity (Wildman–Crippen MR) is 89.5 cm³/mol. The van der Waals surface area contributed by atoms with Gasteiger partial charge in [0, 0.05) is 12.1 Å². The Morgan fingerprint density at radius 3 is 2.10 bits per heavy atom. The van der Waals surface area contributed by atoms with Crippen molar-refractivity contribution in [1.29, 1.82) is 0 Å². The SMILES string of the molecule is C[C@H](O)CCCCCCCCCC[C@H]1CC[C@@H](O)[C@@H](C)N1. The Kier molecular flexibility index (Phi) is 10.3. The highest BCUT2D eigenvalue weighted by atomic mass is 16.3. The summed E-state index contributed by atoms with van der Waals surface area (Å²) in [6.07, 6.45) is 14.6. The Balaban J connectivity index is 1.82. The lowest BCUT2D eigenvalue weighted by Crippen LogP contribution is -2.48. The van der Waals surface area contributed by atoms with Gasteiger partial charge in [0.2, 0.25) is 0 Å². The maximum Gasteiger partial charge on any atom is 0.0691 e. The van der Waals surface area contributed by atoms with Crippen molar-refractivity contribution >= 4 is 0 Å². The third-order valence-electron chi connectivity index (χ3n) is 4.81. The normalized spacial score (nSPS) is 27.7. The molecule has 0 radical (unpaired) electrons. The Labute approximate surface area is 131 Å². The van der Waals surface area contributed by atoms with Crippen LogP contribution in [0.3, 0.4) is 0 Å². The second kappa shape index (κ2) is 11.4. The first-order chi connectivity index (χ1) is 10.1. The van der Waals surface area contributed by atoms with E-state index in [4.69, 9.17) is 0 Å². The maximum absolute atomic E-state index is 9.68. The van der Waals surface area contributed by atoms with Crippen molar-refractivity contribution in [2.24, 2.45) is 0 Å². The molecule has 0 aromatic rings. The summed E-state index contributed by atoms with van der Waals surface area (Å²) in [5, 5.41) is 22.4. The molecule has 0 aromatic heterocycles. The average molecular weight is 299 g/mol. The molecular formula is C18H37NO2. The molecule has 126 valence electrons. The van der Waals surface area contributed by atoms with Gasteiger partial charge in [0.05, 0.1) is 12.2 Å². The van der Waals surface area contributed by atoms with Crippen LogP contribution in [-0.2, 0) is 0 Å². The number of hydrogen-bond acceptors (Lipinski definition) is 3.